The van der Waals surface area contributed by atoms with Gasteiger partial charge >= 0.3 is 5.97 Å². The fourth-order valence-electron chi connectivity index (χ4n) is 4.09. The summed E-state index contributed by atoms with van der Waals surface area (Å²) in [5, 5.41) is 9.35. The summed E-state index contributed by atoms with van der Waals surface area (Å²) >= 11 is 0. The lowest BCUT2D eigenvalue weighted by Crippen LogP contribution is -2.22. The molecule has 0 radical (unpaired) electrons. The highest BCUT2D eigenvalue weighted by Gasteiger charge is 2.24. The number of para-hydroxylation sites is 1. The SMILES string of the molecule is Cc1cc(C(=O)COC(=O)c2ccc(O)cc2)c(C)n1-c1c(C)n(C)n(-c2ccccc2)c1=O. The third-order valence-electron chi connectivity index (χ3n) is 5.92. The minimum absolute atomic E-state index is 0.0302. The monoisotopic (exact) mass is 459 g/mol. The predicted molar refractivity (Wildman–Crippen MR) is 127 cm³/mol. The number of aromatic hydroxyl groups is 1. The summed E-state index contributed by atoms with van der Waals surface area (Å²) in [7, 11) is 1.82. The van der Waals surface area contributed by atoms with Gasteiger partial charge in [0, 0.05) is 24.0 Å². The van der Waals surface area contributed by atoms with Crippen molar-refractivity contribution in [2.75, 3.05) is 6.61 Å². The number of hydrogen-bond donors (Lipinski definition) is 1. The molecule has 0 unspecified atom stereocenters. The van der Waals surface area contributed by atoms with Gasteiger partial charge in [-0.1, -0.05) is 18.2 Å². The van der Waals surface area contributed by atoms with Crippen LogP contribution in [0.1, 0.15) is 37.8 Å². The second-order valence-electron chi connectivity index (χ2n) is 8.08. The van der Waals surface area contributed by atoms with Crippen LogP contribution in [0.2, 0.25) is 0 Å². The van der Waals surface area contributed by atoms with Gasteiger partial charge < -0.3 is 14.4 Å². The van der Waals surface area contributed by atoms with Gasteiger partial charge in [0.1, 0.15) is 11.4 Å². The van der Waals surface area contributed by atoms with Crippen molar-refractivity contribution in [3.8, 4) is 17.1 Å². The summed E-state index contributed by atoms with van der Waals surface area (Å²) < 4.78 is 10.3. The van der Waals surface area contributed by atoms with E-state index in [1.807, 2.05) is 51.2 Å². The molecule has 0 fully saturated rings. The van der Waals surface area contributed by atoms with Gasteiger partial charge in [-0.15, -0.1) is 0 Å². The number of benzene rings is 2. The lowest BCUT2D eigenvalue weighted by molar-refractivity contribution is 0.0474. The van der Waals surface area contributed by atoms with Gasteiger partial charge in [-0.2, -0.15) is 0 Å². The number of rotatable bonds is 6. The zero-order valence-electron chi connectivity index (χ0n) is 19.4. The van der Waals surface area contributed by atoms with Crippen LogP contribution in [0.5, 0.6) is 5.75 Å². The maximum absolute atomic E-state index is 13.4. The molecule has 8 nitrogen and oxygen atoms in total. The first-order valence-electron chi connectivity index (χ1n) is 10.7. The molecule has 4 rings (SSSR count). The first-order chi connectivity index (χ1) is 16.2. The largest absolute Gasteiger partial charge is 0.508 e. The number of ether oxygens (including phenoxy) is 1. The summed E-state index contributed by atoms with van der Waals surface area (Å²) in [6, 6.07) is 16.6. The van der Waals surface area contributed by atoms with Gasteiger partial charge in [-0.25, -0.2) is 9.48 Å². The second-order valence-corrected chi connectivity index (χ2v) is 8.08. The first-order valence-corrected chi connectivity index (χ1v) is 10.7. The zero-order valence-corrected chi connectivity index (χ0v) is 19.4. The number of aryl methyl sites for hydroxylation is 1. The molecule has 0 aliphatic carbocycles. The van der Waals surface area contributed by atoms with Gasteiger partial charge in [-0.05, 0) is 63.2 Å². The van der Waals surface area contributed by atoms with Crippen LogP contribution >= 0.6 is 0 Å². The molecule has 0 saturated heterocycles. The zero-order chi connectivity index (χ0) is 24.6. The molecular weight excluding hydrogens is 434 g/mol. The number of carbonyl (C=O) groups is 2. The highest BCUT2D eigenvalue weighted by molar-refractivity contribution is 6.00. The van der Waals surface area contributed by atoms with E-state index in [4.69, 9.17) is 4.74 Å². The van der Waals surface area contributed by atoms with Crippen molar-refractivity contribution in [2.45, 2.75) is 20.8 Å². The molecule has 0 saturated carbocycles. The van der Waals surface area contributed by atoms with E-state index in [-0.39, 0.29) is 22.7 Å². The fraction of sp³-hybridized carbons (Fsp3) is 0.192. The number of phenols is 1. The second kappa shape index (κ2) is 8.90. The van der Waals surface area contributed by atoms with Gasteiger partial charge in [0.15, 0.2) is 6.61 Å². The van der Waals surface area contributed by atoms with Gasteiger partial charge in [-0.3, -0.25) is 14.3 Å². The fourth-order valence-corrected chi connectivity index (χ4v) is 4.09. The third-order valence-corrected chi connectivity index (χ3v) is 5.92. The molecule has 0 aliphatic heterocycles. The molecule has 2 heterocycles. The first kappa shape index (κ1) is 22.8. The Morgan fingerprint density at radius 2 is 1.59 bits per heavy atom. The van der Waals surface area contributed by atoms with Gasteiger partial charge in [0.25, 0.3) is 5.56 Å². The van der Waals surface area contributed by atoms with Crippen LogP contribution in [0.3, 0.4) is 0 Å². The van der Waals surface area contributed by atoms with E-state index in [0.717, 1.165) is 17.1 Å². The van der Waals surface area contributed by atoms with Crippen molar-refractivity contribution in [2.24, 2.45) is 7.05 Å². The number of nitrogens with zero attached hydrogens (tertiary/aromatic N) is 3. The number of phenolic OH excluding ortho intramolecular Hbond substituents is 1. The molecule has 2 aromatic heterocycles. The summed E-state index contributed by atoms with van der Waals surface area (Å²) in [5.41, 5.74) is 3.66. The lowest BCUT2D eigenvalue weighted by Gasteiger charge is -2.09. The molecule has 0 aliphatic rings. The summed E-state index contributed by atoms with van der Waals surface area (Å²) in [6.07, 6.45) is 0. The number of esters is 1. The van der Waals surface area contributed by atoms with Crippen molar-refractivity contribution >= 4 is 11.8 Å². The smallest absolute Gasteiger partial charge is 0.338 e. The molecule has 4 aromatic rings. The Labute approximate surface area is 196 Å². The van der Waals surface area contributed by atoms with E-state index in [2.05, 4.69) is 0 Å². The normalized spacial score (nSPS) is 10.9. The van der Waals surface area contributed by atoms with Crippen molar-refractivity contribution in [3.05, 3.63) is 99.2 Å². The van der Waals surface area contributed by atoms with Gasteiger partial charge in [0.05, 0.1) is 16.9 Å². The van der Waals surface area contributed by atoms with Crippen molar-refractivity contribution in [3.63, 3.8) is 0 Å². The molecular formula is C26H25N3O5. The number of carbonyl (C=O) groups excluding carboxylic acids is 2. The van der Waals surface area contributed by atoms with Crippen LogP contribution in [0.15, 0.2) is 65.5 Å². The molecule has 8 heteroatoms. The molecule has 0 spiro atoms. The summed E-state index contributed by atoms with van der Waals surface area (Å²) in [4.78, 5) is 38.6. The molecule has 2 aromatic carbocycles. The number of ketones is 1. The molecule has 0 bridgehead atoms. The van der Waals surface area contributed by atoms with Crippen molar-refractivity contribution < 1.29 is 19.4 Å². The van der Waals surface area contributed by atoms with E-state index in [0.29, 0.717) is 16.9 Å². The van der Waals surface area contributed by atoms with E-state index in [9.17, 15) is 19.5 Å². The Kier molecular flexibility index (Phi) is 5.98. The molecule has 0 amide bonds. The van der Waals surface area contributed by atoms with Crippen molar-refractivity contribution in [1.82, 2.24) is 13.9 Å². The quantitative estimate of drug-likeness (QED) is 0.351. The Morgan fingerprint density at radius 3 is 2.24 bits per heavy atom. The average molecular weight is 460 g/mol. The number of aromatic nitrogens is 3. The van der Waals surface area contributed by atoms with E-state index in [1.165, 1.54) is 24.3 Å². The summed E-state index contributed by atoms with van der Waals surface area (Å²) in [6.45, 7) is 5.01. The molecule has 34 heavy (non-hydrogen) atoms. The van der Waals surface area contributed by atoms with Crippen LogP contribution in [-0.2, 0) is 11.8 Å². The van der Waals surface area contributed by atoms with Crippen molar-refractivity contribution in [1.29, 1.82) is 0 Å². The Balaban J connectivity index is 1.65. The van der Waals surface area contributed by atoms with Crippen LogP contribution in [0, 0.1) is 20.8 Å². The molecule has 1 N–H and O–H groups in total. The highest BCUT2D eigenvalue weighted by Crippen LogP contribution is 2.23. The van der Waals surface area contributed by atoms with E-state index < -0.39 is 12.6 Å². The van der Waals surface area contributed by atoms with Crippen LogP contribution in [-0.4, -0.2) is 37.4 Å². The van der Waals surface area contributed by atoms with Gasteiger partial charge in [0.2, 0.25) is 5.78 Å². The Bertz CT molecular complexity index is 1440. The Morgan fingerprint density at radius 1 is 0.941 bits per heavy atom. The van der Waals surface area contributed by atoms with Crippen LogP contribution in [0.25, 0.3) is 11.4 Å². The molecule has 0 atom stereocenters. The lowest BCUT2D eigenvalue weighted by atomic mass is 10.1. The van der Waals surface area contributed by atoms with Crippen LogP contribution in [0.4, 0.5) is 0 Å². The molecule has 174 valence electrons. The minimum atomic E-state index is -0.660. The van der Waals surface area contributed by atoms with E-state index >= 15 is 0 Å². The standard InChI is InChI=1S/C26H25N3O5/c1-16-14-22(23(31)15-34-26(33)19-10-12-21(30)13-11-19)17(2)28(16)24-18(3)27(4)29(25(24)32)20-8-6-5-7-9-20/h5-14,30H,15H2,1-4H3. The Hall–Kier alpha value is -4.33. The maximum Gasteiger partial charge on any atom is 0.338 e. The maximum atomic E-state index is 13.4. The number of hydrogen-bond acceptors (Lipinski definition) is 5. The highest BCUT2D eigenvalue weighted by atomic mass is 16.5. The average Bonchev–Trinajstić information content (AvgIpc) is 3.23. The minimum Gasteiger partial charge on any atom is -0.508 e. The topological polar surface area (TPSA) is 95.5 Å². The van der Waals surface area contributed by atoms with E-state index in [1.54, 1.807) is 26.9 Å². The van der Waals surface area contributed by atoms with Crippen LogP contribution < -0.4 is 5.56 Å². The number of Topliss-reactive ketones (excluding diaryl/α,β-unsaturated/α-hetero) is 1. The summed E-state index contributed by atoms with van der Waals surface area (Å²) in [5.74, 6) is -1.00. The predicted octanol–water partition coefficient (Wildman–Crippen LogP) is 3.64. The third kappa shape index (κ3) is 3.94.